The molecule has 45 heavy (non-hydrogen) atoms. The number of nitrogens with zero attached hydrogens (tertiary/aromatic N) is 2. The molecule has 0 N–H and O–H groups in total. The number of hydrogen-bond donors (Lipinski definition) is 0. The fraction of sp³-hybridized carbons (Fsp3) is 0.444. The number of likely N-dealkylation sites (tertiary alicyclic amines) is 1. The molecule has 0 aromatic heterocycles. The molecule has 5 rings (SSSR count). The summed E-state index contributed by atoms with van der Waals surface area (Å²) in [6.07, 6.45) is 2.71. The second-order valence-corrected chi connectivity index (χ2v) is 20.4. The van der Waals surface area contributed by atoms with E-state index in [-0.39, 0.29) is 30.3 Å². The smallest absolute Gasteiger partial charge is 0.320 e. The SMILES string of the molecule is CC(C)(C)OC(=O)CN1CCC(c2cccc(Cl)c2)C2(C=Nc3cc(Cl)ccc32)C1c1cccc(F)c1.COC(C)[Si](C)(C)C. The van der Waals surface area contributed by atoms with Crippen LogP contribution in [0.5, 0.6) is 0 Å². The molecule has 2 aliphatic heterocycles. The maximum absolute atomic E-state index is 14.7. The monoisotopic (exact) mass is 670 g/mol. The number of piperidine rings is 1. The minimum Gasteiger partial charge on any atom is -0.459 e. The third kappa shape index (κ3) is 8.24. The van der Waals surface area contributed by atoms with Crippen molar-refractivity contribution < 1.29 is 18.7 Å². The zero-order valence-corrected chi connectivity index (χ0v) is 30.0. The van der Waals surface area contributed by atoms with Crippen molar-refractivity contribution in [3.05, 3.63) is 99.3 Å². The summed E-state index contributed by atoms with van der Waals surface area (Å²) in [7, 11) is 0.798. The van der Waals surface area contributed by atoms with E-state index in [1.807, 2.05) is 69.5 Å². The highest BCUT2D eigenvalue weighted by atomic mass is 35.5. The number of ether oxygens (including phenoxy) is 2. The largest absolute Gasteiger partial charge is 0.459 e. The van der Waals surface area contributed by atoms with E-state index in [1.165, 1.54) is 6.07 Å². The van der Waals surface area contributed by atoms with Gasteiger partial charge in [0.25, 0.3) is 0 Å². The van der Waals surface area contributed by atoms with Crippen LogP contribution >= 0.6 is 23.2 Å². The third-order valence-corrected chi connectivity index (χ3v) is 11.8. The highest BCUT2D eigenvalue weighted by Gasteiger charge is 2.55. The zero-order valence-electron chi connectivity index (χ0n) is 27.5. The van der Waals surface area contributed by atoms with Crippen LogP contribution in [0.2, 0.25) is 29.7 Å². The van der Waals surface area contributed by atoms with Crippen molar-refractivity contribution in [3.8, 4) is 0 Å². The van der Waals surface area contributed by atoms with Gasteiger partial charge >= 0.3 is 5.97 Å². The molecule has 3 aromatic carbocycles. The lowest BCUT2D eigenvalue weighted by Gasteiger charge is -2.52. The molecule has 1 fully saturated rings. The van der Waals surface area contributed by atoms with Crippen LogP contribution in [0, 0.1) is 5.82 Å². The van der Waals surface area contributed by atoms with Gasteiger partial charge in [-0.2, -0.15) is 0 Å². The maximum atomic E-state index is 14.7. The number of carbonyl (C=O) groups excluding carboxylic acids is 1. The average Bonchev–Trinajstić information content (AvgIpc) is 3.29. The van der Waals surface area contributed by atoms with Crippen LogP contribution in [0.3, 0.4) is 0 Å². The van der Waals surface area contributed by atoms with Crippen LogP contribution < -0.4 is 0 Å². The zero-order chi connectivity index (χ0) is 33.2. The molecule has 5 nitrogen and oxygen atoms in total. The van der Waals surface area contributed by atoms with Gasteiger partial charge in [-0.15, -0.1) is 0 Å². The van der Waals surface area contributed by atoms with Crippen LogP contribution in [0.1, 0.15) is 62.8 Å². The molecule has 9 heteroatoms. The van der Waals surface area contributed by atoms with Gasteiger partial charge < -0.3 is 9.47 Å². The van der Waals surface area contributed by atoms with Crippen molar-refractivity contribution >= 4 is 49.1 Å². The molecule has 2 aliphatic rings. The Bertz CT molecular complexity index is 1540. The second kappa shape index (κ2) is 14.1. The first-order valence-electron chi connectivity index (χ1n) is 15.4. The number of rotatable bonds is 6. The number of methoxy groups -OCH3 is 1. The standard InChI is InChI=1S/C30H29Cl2FN2O2.C6H16OSi/c1-29(2,3)37-27(36)17-35-13-12-24(19-6-4-8-21(31)14-19)30(28(35)20-7-5-9-23(33)15-20)18-34-26-16-22(32)10-11-25(26)30;1-6(7-2)8(3,4)5/h4-11,14-16,18,24,28H,12-13,17H2,1-3H3;6H,1-5H3. The van der Waals surface area contributed by atoms with Gasteiger partial charge in [-0.25, -0.2) is 4.39 Å². The Hall–Kier alpha value is -2.55. The highest BCUT2D eigenvalue weighted by Crippen LogP contribution is 2.58. The van der Waals surface area contributed by atoms with Crippen molar-refractivity contribution in [2.75, 3.05) is 20.2 Å². The number of esters is 1. The Morgan fingerprint density at radius 3 is 2.31 bits per heavy atom. The molecule has 2 heterocycles. The number of fused-ring (bicyclic) bond motifs is 2. The summed E-state index contributed by atoms with van der Waals surface area (Å²) >= 11 is 12.8. The van der Waals surface area contributed by atoms with Crippen molar-refractivity contribution in [1.29, 1.82) is 0 Å². The van der Waals surface area contributed by atoms with Crippen molar-refractivity contribution in [2.45, 2.75) is 82.5 Å². The summed E-state index contributed by atoms with van der Waals surface area (Å²) in [5.74, 6) is -0.682. The Kier molecular flexibility index (Phi) is 11.0. The molecule has 242 valence electrons. The number of hydrogen-bond acceptors (Lipinski definition) is 5. The van der Waals surface area contributed by atoms with E-state index < -0.39 is 19.1 Å². The van der Waals surface area contributed by atoms with Gasteiger partial charge in [0.15, 0.2) is 0 Å². The summed E-state index contributed by atoms with van der Waals surface area (Å²) < 4.78 is 25.5. The Morgan fingerprint density at radius 2 is 1.71 bits per heavy atom. The molecule has 3 aromatic rings. The molecular formula is C36H45Cl2FN2O3Si. The summed E-state index contributed by atoms with van der Waals surface area (Å²) in [5, 5.41) is 1.24. The molecule has 4 unspecified atom stereocenters. The van der Waals surface area contributed by atoms with E-state index in [4.69, 9.17) is 37.7 Å². The molecule has 0 radical (unpaired) electrons. The lowest BCUT2D eigenvalue weighted by molar-refractivity contribution is -0.157. The Morgan fingerprint density at radius 1 is 1.04 bits per heavy atom. The van der Waals surface area contributed by atoms with Gasteiger partial charge in [-0.3, -0.25) is 14.7 Å². The normalized spacial score (nSPS) is 22.0. The molecule has 1 spiro atoms. The maximum Gasteiger partial charge on any atom is 0.320 e. The van der Waals surface area contributed by atoms with Crippen LogP contribution in [0.15, 0.2) is 71.7 Å². The first-order valence-corrected chi connectivity index (χ1v) is 19.7. The van der Waals surface area contributed by atoms with Gasteiger partial charge in [0.05, 0.1) is 31.8 Å². The minimum atomic E-state index is -0.983. The van der Waals surface area contributed by atoms with E-state index in [9.17, 15) is 9.18 Å². The van der Waals surface area contributed by atoms with Crippen LogP contribution in [-0.2, 0) is 19.7 Å². The predicted molar refractivity (Wildman–Crippen MR) is 186 cm³/mol. The van der Waals surface area contributed by atoms with Gasteiger partial charge in [0, 0.05) is 41.6 Å². The summed E-state index contributed by atoms with van der Waals surface area (Å²) in [5.41, 5.74) is 2.79. The van der Waals surface area contributed by atoms with Crippen molar-refractivity contribution in [3.63, 3.8) is 0 Å². The van der Waals surface area contributed by atoms with Crippen LogP contribution in [-0.4, -0.2) is 56.7 Å². The Labute approximate surface area is 278 Å². The first-order chi connectivity index (χ1) is 21.0. The highest BCUT2D eigenvalue weighted by molar-refractivity contribution is 6.77. The van der Waals surface area contributed by atoms with Crippen molar-refractivity contribution in [1.82, 2.24) is 4.90 Å². The first kappa shape index (κ1) is 35.3. The van der Waals surface area contributed by atoms with E-state index >= 15 is 0 Å². The van der Waals surface area contributed by atoms with E-state index in [1.54, 1.807) is 19.2 Å². The van der Waals surface area contributed by atoms with E-state index in [2.05, 4.69) is 37.5 Å². The third-order valence-electron chi connectivity index (χ3n) is 8.68. The summed E-state index contributed by atoms with van der Waals surface area (Å²) in [6.45, 7) is 15.3. The summed E-state index contributed by atoms with van der Waals surface area (Å²) in [4.78, 5) is 20.0. The van der Waals surface area contributed by atoms with Gasteiger partial charge in [0.1, 0.15) is 11.4 Å². The van der Waals surface area contributed by atoms with E-state index in [0.717, 1.165) is 28.8 Å². The van der Waals surface area contributed by atoms with Crippen LogP contribution in [0.4, 0.5) is 10.1 Å². The minimum absolute atomic E-state index is 0.0273. The lowest BCUT2D eigenvalue weighted by Crippen LogP contribution is -2.54. The number of halogens is 3. The summed E-state index contributed by atoms with van der Waals surface area (Å²) in [6, 6.07) is 19.8. The molecule has 4 atom stereocenters. The topological polar surface area (TPSA) is 51.1 Å². The van der Waals surface area contributed by atoms with Crippen molar-refractivity contribution in [2.24, 2.45) is 4.99 Å². The molecular weight excluding hydrogens is 626 g/mol. The number of carbonyl (C=O) groups is 1. The molecule has 0 amide bonds. The molecule has 0 aliphatic carbocycles. The molecule has 1 saturated heterocycles. The van der Waals surface area contributed by atoms with Gasteiger partial charge in [0.2, 0.25) is 0 Å². The number of aliphatic imine (C=N–C) groups is 1. The quantitative estimate of drug-likeness (QED) is 0.194. The Balaban J connectivity index is 0.000000510. The lowest BCUT2D eigenvalue weighted by atomic mass is 9.59. The molecule has 0 saturated carbocycles. The van der Waals surface area contributed by atoms with Gasteiger partial charge in [-0.05, 0) is 87.2 Å². The second-order valence-electron chi connectivity index (χ2n) is 14.0. The fourth-order valence-electron chi connectivity index (χ4n) is 6.27. The fourth-order valence-corrected chi connectivity index (χ4v) is 7.34. The molecule has 0 bridgehead atoms. The van der Waals surface area contributed by atoms with Crippen LogP contribution in [0.25, 0.3) is 0 Å². The average molecular weight is 672 g/mol. The van der Waals surface area contributed by atoms with E-state index in [0.29, 0.717) is 22.3 Å². The van der Waals surface area contributed by atoms with Gasteiger partial charge in [-0.1, -0.05) is 73.2 Å². The number of benzene rings is 3. The predicted octanol–water partition coefficient (Wildman–Crippen LogP) is 9.56.